The average molecular weight is 315 g/mol. The minimum atomic E-state index is -3.83. The third-order valence-corrected chi connectivity index (χ3v) is 5.56. The van der Waals surface area contributed by atoms with Crippen molar-refractivity contribution in [2.45, 2.75) is 42.4 Å². The number of nitrogens with one attached hydrogen (secondary N) is 1. The number of benzene rings is 1. The fourth-order valence-electron chi connectivity index (χ4n) is 2.91. The van der Waals surface area contributed by atoms with Gasteiger partial charge >= 0.3 is 0 Å². The third-order valence-electron chi connectivity index (χ3n) is 4.01. The summed E-state index contributed by atoms with van der Waals surface area (Å²) in [5.74, 6) is -1.26. The molecule has 2 fully saturated rings. The molecule has 2 aliphatic rings. The van der Waals surface area contributed by atoms with E-state index in [0.717, 1.165) is 6.07 Å². The van der Waals surface area contributed by atoms with E-state index in [-0.39, 0.29) is 10.9 Å². The van der Waals surface area contributed by atoms with Crippen LogP contribution in [0.1, 0.15) is 25.7 Å². The lowest BCUT2D eigenvalue weighted by atomic mass is 9.91. The second kappa shape index (κ2) is 5.64. The summed E-state index contributed by atoms with van der Waals surface area (Å²) in [7, 11) is -3.83. The minimum absolute atomic E-state index is 0.215. The van der Waals surface area contributed by atoms with E-state index < -0.39 is 21.6 Å². The molecule has 1 heterocycles. The van der Waals surface area contributed by atoms with Gasteiger partial charge < -0.3 is 9.47 Å². The van der Waals surface area contributed by atoms with Gasteiger partial charge in [0.05, 0.1) is 13.2 Å². The second-order valence-electron chi connectivity index (χ2n) is 5.43. The molecular formula is C14H18FNO4S. The van der Waals surface area contributed by atoms with Crippen molar-refractivity contribution in [1.82, 2.24) is 4.72 Å². The number of ether oxygens (including phenoxy) is 2. The van der Waals surface area contributed by atoms with Gasteiger partial charge in [0.2, 0.25) is 10.0 Å². The van der Waals surface area contributed by atoms with Crippen molar-refractivity contribution in [1.29, 1.82) is 0 Å². The molecule has 0 aromatic heterocycles. The number of sulfonamides is 1. The summed E-state index contributed by atoms with van der Waals surface area (Å²) >= 11 is 0. The predicted molar refractivity (Wildman–Crippen MR) is 73.6 cm³/mol. The highest BCUT2D eigenvalue weighted by Gasteiger charge is 2.41. The van der Waals surface area contributed by atoms with Gasteiger partial charge in [-0.15, -0.1) is 0 Å². The highest BCUT2D eigenvalue weighted by atomic mass is 32.2. The maximum absolute atomic E-state index is 13.6. The van der Waals surface area contributed by atoms with E-state index in [1.807, 2.05) is 0 Å². The molecule has 1 saturated carbocycles. The van der Waals surface area contributed by atoms with Gasteiger partial charge in [0.1, 0.15) is 10.7 Å². The zero-order valence-electron chi connectivity index (χ0n) is 11.5. The number of hydrogen-bond donors (Lipinski definition) is 1. The molecule has 0 radical (unpaired) electrons. The van der Waals surface area contributed by atoms with Crippen molar-refractivity contribution in [3.8, 4) is 0 Å². The van der Waals surface area contributed by atoms with Crippen LogP contribution >= 0.6 is 0 Å². The van der Waals surface area contributed by atoms with Crippen LogP contribution in [-0.4, -0.2) is 33.5 Å². The summed E-state index contributed by atoms with van der Waals surface area (Å²) in [6.07, 6.45) is 2.54. The van der Waals surface area contributed by atoms with Gasteiger partial charge in [-0.2, -0.15) is 0 Å². The molecule has 1 aliphatic carbocycles. The molecule has 5 nitrogen and oxygen atoms in total. The van der Waals surface area contributed by atoms with E-state index in [9.17, 15) is 12.8 Å². The maximum Gasteiger partial charge on any atom is 0.243 e. The Bertz CT molecular complexity index is 603. The third kappa shape index (κ3) is 3.11. The molecule has 0 amide bonds. The molecule has 3 rings (SSSR count). The van der Waals surface area contributed by atoms with Crippen LogP contribution in [0, 0.1) is 5.82 Å². The SMILES string of the molecule is O=S(=O)(NC1CCC2(CC1)OCCO2)c1ccccc1F. The van der Waals surface area contributed by atoms with Crippen LogP contribution in [0.25, 0.3) is 0 Å². The van der Waals surface area contributed by atoms with Crippen molar-refractivity contribution in [2.75, 3.05) is 13.2 Å². The fourth-order valence-corrected chi connectivity index (χ4v) is 4.29. The number of halogens is 1. The van der Waals surface area contributed by atoms with E-state index in [0.29, 0.717) is 38.9 Å². The van der Waals surface area contributed by atoms with Crippen molar-refractivity contribution in [3.05, 3.63) is 30.1 Å². The Morgan fingerprint density at radius 2 is 1.76 bits per heavy atom. The van der Waals surface area contributed by atoms with Crippen LogP contribution in [-0.2, 0) is 19.5 Å². The standard InChI is InChI=1S/C14H18FNO4S/c15-12-3-1-2-4-13(12)21(17,18)16-11-5-7-14(8-6-11)19-9-10-20-14/h1-4,11,16H,5-10H2. The van der Waals surface area contributed by atoms with Crippen molar-refractivity contribution in [2.24, 2.45) is 0 Å². The van der Waals surface area contributed by atoms with Crippen LogP contribution in [0.15, 0.2) is 29.2 Å². The van der Waals surface area contributed by atoms with Crippen LogP contribution in [0.2, 0.25) is 0 Å². The summed E-state index contributed by atoms with van der Waals surface area (Å²) in [6, 6.07) is 5.17. The minimum Gasteiger partial charge on any atom is -0.348 e. The van der Waals surface area contributed by atoms with Crippen molar-refractivity contribution >= 4 is 10.0 Å². The molecule has 1 aliphatic heterocycles. The van der Waals surface area contributed by atoms with Gasteiger partial charge in [0.15, 0.2) is 5.79 Å². The average Bonchev–Trinajstić information content (AvgIpc) is 2.90. The molecule has 116 valence electrons. The van der Waals surface area contributed by atoms with E-state index in [2.05, 4.69) is 4.72 Å². The van der Waals surface area contributed by atoms with Crippen LogP contribution in [0.3, 0.4) is 0 Å². The van der Waals surface area contributed by atoms with Crippen LogP contribution in [0.4, 0.5) is 4.39 Å². The topological polar surface area (TPSA) is 64.6 Å². The first-order chi connectivity index (χ1) is 10.0. The largest absolute Gasteiger partial charge is 0.348 e. The molecule has 7 heteroatoms. The lowest BCUT2D eigenvalue weighted by Gasteiger charge is -2.35. The fraction of sp³-hybridized carbons (Fsp3) is 0.571. The molecule has 1 aromatic carbocycles. The van der Waals surface area contributed by atoms with Gasteiger partial charge in [-0.25, -0.2) is 17.5 Å². The summed E-state index contributed by atoms with van der Waals surface area (Å²) in [5, 5.41) is 0. The molecular weight excluding hydrogens is 297 g/mol. The second-order valence-corrected chi connectivity index (χ2v) is 7.12. The molecule has 0 unspecified atom stereocenters. The normalized spacial score (nSPS) is 22.7. The van der Waals surface area contributed by atoms with Crippen molar-refractivity contribution in [3.63, 3.8) is 0 Å². The van der Waals surface area contributed by atoms with Gasteiger partial charge in [-0.1, -0.05) is 12.1 Å². The Labute approximate surface area is 123 Å². The van der Waals surface area contributed by atoms with Gasteiger partial charge in [-0.05, 0) is 25.0 Å². The van der Waals surface area contributed by atoms with E-state index in [1.165, 1.54) is 18.2 Å². The smallest absolute Gasteiger partial charge is 0.243 e. The number of rotatable bonds is 3. The zero-order chi connectivity index (χ0) is 14.9. The Kier molecular flexibility index (Phi) is 4.00. The Hall–Kier alpha value is -1.02. The highest BCUT2D eigenvalue weighted by Crippen LogP contribution is 2.36. The van der Waals surface area contributed by atoms with E-state index in [4.69, 9.17) is 9.47 Å². The molecule has 0 atom stereocenters. The summed E-state index contributed by atoms with van der Waals surface area (Å²) in [5.41, 5.74) is 0. The predicted octanol–water partition coefficient (Wildman–Crippen LogP) is 1.79. The Morgan fingerprint density at radius 3 is 2.38 bits per heavy atom. The molecule has 0 bridgehead atoms. The lowest BCUT2D eigenvalue weighted by Crippen LogP contribution is -2.44. The van der Waals surface area contributed by atoms with Gasteiger partial charge in [0, 0.05) is 18.9 Å². The molecule has 1 saturated heterocycles. The summed E-state index contributed by atoms with van der Waals surface area (Å²) in [4.78, 5) is -0.307. The Morgan fingerprint density at radius 1 is 1.14 bits per heavy atom. The number of hydrogen-bond acceptors (Lipinski definition) is 4. The van der Waals surface area contributed by atoms with Crippen molar-refractivity contribution < 1.29 is 22.3 Å². The summed E-state index contributed by atoms with van der Waals surface area (Å²) < 4.78 is 51.8. The highest BCUT2D eigenvalue weighted by molar-refractivity contribution is 7.89. The monoisotopic (exact) mass is 315 g/mol. The van der Waals surface area contributed by atoms with Gasteiger partial charge in [-0.3, -0.25) is 0 Å². The summed E-state index contributed by atoms with van der Waals surface area (Å²) in [6.45, 7) is 1.18. The maximum atomic E-state index is 13.6. The van der Waals surface area contributed by atoms with Crippen LogP contribution in [0.5, 0.6) is 0 Å². The molecule has 21 heavy (non-hydrogen) atoms. The lowest BCUT2D eigenvalue weighted by molar-refractivity contribution is -0.178. The van der Waals surface area contributed by atoms with Gasteiger partial charge in [0.25, 0.3) is 0 Å². The molecule has 1 aromatic rings. The van der Waals surface area contributed by atoms with Crippen LogP contribution < -0.4 is 4.72 Å². The quantitative estimate of drug-likeness (QED) is 0.923. The first-order valence-corrected chi connectivity index (χ1v) is 8.54. The first kappa shape index (κ1) is 14.9. The first-order valence-electron chi connectivity index (χ1n) is 7.06. The molecule has 1 N–H and O–H groups in total. The Balaban J connectivity index is 1.66. The zero-order valence-corrected chi connectivity index (χ0v) is 12.4. The van der Waals surface area contributed by atoms with E-state index >= 15 is 0 Å². The molecule has 1 spiro atoms. The van der Waals surface area contributed by atoms with E-state index in [1.54, 1.807) is 0 Å².